The molecular formula is C19H25F3N4O3. The summed E-state index contributed by atoms with van der Waals surface area (Å²) in [4.78, 5) is 28.2. The molecule has 0 N–H and O–H groups in total. The molecule has 10 heteroatoms. The molecule has 1 aliphatic rings. The van der Waals surface area contributed by atoms with Crippen LogP contribution < -0.4 is 0 Å². The SMILES string of the molecule is CN(C)CCN(CC(=O)OC(C)(C)C)C(=O)c1ccc(C2(C(F)(F)F)N=N2)cc1. The molecule has 0 saturated heterocycles. The normalized spacial score (nSPS) is 15.3. The zero-order valence-corrected chi connectivity index (χ0v) is 17.1. The number of carbonyl (C=O) groups excluding carboxylic acids is 2. The number of halogens is 3. The Hall–Kier alpha value is -2.49. The number of benzene rings is 1. The van der Waals surface area contributed by atoms with Gasteiger partial charge in [0.25, 0.3) is 5.91 Å². The number of rotatable bonds is 7. The summed E-state index contributed by atoms with van der Waals surface area (Å²) in [6.07, 6.45) is -4.63. The van der Waals surface area contributed by atoms with E-state index in [4.69, 9.17) is 4.74 Å². The molecule has 1 aromatic rings. The van der Waals surface area contributed by atoms with Crippen LogP contribution in [0.2, 0.25) is 0 Å². The molecule has 1 heterocycles. The maximum Gasteiger partial charge on any atom is 0.442 e. The average Bonchev–Trinajstić information content (AvgIpc) is 3.38. The van der Waals surface area contributed by atoms with Crippen LogP contribution in [0.4, 0.5) is 13.2 Å². The van der Waals surface area contributed by atoms with E-state index in [-0.39, 0.29) is 24.2 Å². The number of esters is 1. The summed E-state index contributed by atoms with van der Waals surface area (Å²) in [7, 11) is 3.65. The molecule has 2 rings (SSSR count). The Morgan fingerprint density at radius 2 is 1.59 bits per heavy atom. The molecule has 7 nitrogen and oxygen atoms in total. The largest absolute Gasteiger partial charge is 0.459 e. The lowest BCUT2D eigenvalue weighted by molar-refractivity contribution is -0.166. The van der Waals surface area contributed by atoms with Crippen LogP contribution in [0.3, 0.4) is 0 Å². The van der Waals surface area contributed by atoms with Crippen molar-refractivity contribution in [3.05, 3.63) is 35.4 Å². The first-order chi connectivity index (χ1) is 13.2. The van der Waals surface area contributed by atoms with Crippen molar-refractivity contribution >= 4 is 11.9 Å². The van der Waals surface area contributed by atoms with E-state index in [0.29, 0.717) is 6.54 Å². The van der Waals surface area contributed by atoms with Gasteiger partial charge in [-0.25, -0.2) is 0 Å². The van der Waals surface area contributed by atoms with E-state index < -0.39 is 29.3 Å². The lowest BCUT2D eigenvalue weighted by atomic mass is 10.0. The quantitative estimate of drug-likeness (QED) is 0.642. The second kappa shape index (κ2) is 8.10. The summed E-state index contributed by atoms with van der Waals surface area (Å²) in [6.45, 7) is 5.66. The fraction of sp³-hybridized carbons (Fsp3) is 0.579. The van der Waals surface area contributed by atoms with Gasteiger partial charge in [-0.05, 0) is 47.0 Å². The van der Waals surface area contributed by atoms with Crippen molar-refractivity contribution in [3.8, 4) is 0 Å². The molecule has 0 saturated carbocycles. The maximum atomic E-state index is 13.1. The summed E-state index contributed by atoms with van der Waals surface area (Å²) in [6, 6.07) is 4.93. The smallest absolute Gasteiger partial charge is 0.442 e. The predicted octanol–water partition coefficient (Wildman–Crippen LogP) is 3.21. The highest BCUT2D eigenvalue weighted by molar-refractivity contribution is 5.96. The van der Waals surface area contributed by atoms with E-state index in [9.17, 15) is 22.8 Å². The summed E-state index contributed by atoms with van der Waals surface area (Å²) in [5.74, 6) is -1.04. The third-order valence-corrected chi connectivity index (χ3v) is 4.07. The summed E-state index contributed by atoms with van der Waals surface area (Å²) in [5, 5.41) is 6.29. The van der Waals surface area contributed by atoms with Gasteiger partial charge in [0.05, 0.1) is 0 Å². The molecule has 1 aliphatic heterocycles. The maximum absolute atomic E-state index is 13.1. The average molecular weight is 414 g/mol. The Kier molecular flexibility index (Phi) is 6.36. The Morgan fingerprint density at radius 1 is 1.03 bits per heavy atom. The number of ether oxygens (including phenoxy) is 1. The van der Waals surface area contributed by atoms with Crippen molar-refractivity contribution in [3.63, 3.8) is 0 Å². The first-order valence-electron chi connectivity index (χ1n) is 9.02. The summed E-state index contributed by atoms with van der Waals surface area (Å²) < 4.78 is 44.6. The van der Waals surface area contributed by atoms with E-state index in [2.05, 4.69) is 10.2 Å². The number of nitrogens with zero attached hydrogens (tertiary/aromatic N) is 4. The van der Waals surface area contributed by atoms with Crippen molar-refractivity contribution in [2.24, 2.45) is 10.2 Å². The Balaban J connectivity index is 2.16. The lowest BCUT2D eigenvalue weighted by Gasteiger charge is -2.26. The van der Waals surface area contributed by atoms with Gasteiger partial charge >= 0.3 is 17.8 Å². The van der Waals surface area contributed by atoms with Crippen molar-refractivity contribution in [2.45, 2.75) is 38.2 Å². The van der Waals surface area contributed by atoms with E-state index in [1.165, 1.54) is 29.2 Å². The van der Waals surface area contributed by atoms with Crippen LogP contribution in [0.15, 0.2) is 34.5 Å². The third kappa shape index (κ3) is 5.75. The lowest BCUT2D eigenvalue weighted by Crippen LogP contribution is -2.42. The Labute approximate surface area is 167 Å². The van der Waals surface area contributed by atoms with Crippen LogP contribution in [0.5, 0.6) is 0 Å². The van der Waals surface area contributed by atoms with Gasteiger partial charge in [-0.1, -0.05) is 12.1 Å². The molecule has 0 aliphatic carbocycles. The zero-order chi connectivity index (χ0) is 22.0. The molecule has 0 spiro atoms. The van der Waals surface area contributed by atoms with Gasteiger partial charge < -0.3 is 14.5 Å². The van der Waals surface area contributed by atoms with Crippen molar-refractivity contribution in [1.29, 1.82) is 0 Å². The predicted molar refractivity (Wildman–Crippen MR) is 99.3 cm³/mol. The Morgan fingerprint density at radius 3 is 2.00 bits per heavy atom. The first kappa shape index (κ1) is 22.8. The van der Waals surface area contributed by atoms with Gasteiger partial charge in [-0.2, -0.15) is 13.2 Å². The molecule has 160 valence electrons. The number of amides is 1. The first-order valence-corrected chi connectivity index (χ1v) is 9.02. The van der Waals surface area contributed by atoms with Crippen LogP contribution in [0.25, 0.3) is 0 Å². The highest BCUT2D eigenvalue weighted by Gasteiger charge is 2.65. The van der Waals surface area contributed by atoms with Crippen LogP contribution in [0.1, 0.15) is 36.7 Å². The minimum absolute atomic E-state index is 0.159. The van der Waals surface area contributed by atoms with Crippen molar-refractivity contribution < 1.29 is 27.5 Å². The van der Waals surface area contributed by atoms with Crippen LogP contribution in [0, 0.1) is 0 Å². The summed E-state index contributed by atoms with van der Waals surface area (Å²) >= 11 is 0. The summed E-state index contributed by atoms with van der Waals surface area (Å²) in [5.41, 5.74) is -3.23. The number of hydrogen-bond donors (Lipinski definition) is 0. The minimum atomic E-state index is -4.63. The molecule has 0 aromatic heterocycles. The van der Waals surface area contributed by atoms with Gasteiger partial charge in [-0.15, -0.1) is 10.2 Å². The van der Waals surface area contributed by atoms with Gasteiger partial charge in [0.1, 0.15) is 12.1 Å². The molecule has 1 aromatic carbocycles. The highest BCUT2D eigenvalue weighted by atomic mass is 19.4. The number of hydrogen-bond acceptors (Lipinski definition) is 6. The van der Waals surface area contributed by atoms with Crippen LogP contribution in [-0.4, -0.2) is 67.2 Å². The monoisotopic (exact) mass is 414 g/mol. The fourth-order valence-electron chi connectivity index (χ4n) is 2.57. The van der Waals surface area contributed by atoms with Gasteiger partial charge in [0, 0.05) is 24.2 Å². The van der Waals surface area contributed by atoms with Crippen LogP contribution in [-0.2, 0) is 15.2 Å². The zero-order valence-electron chi connectivity index (χ0n) is 17.1. The van der Waals surface area contributed by atoms with E-state index in [1.807, 2.05) is 19.0 Å². The highest BCUT2D eigenvalue weighted by Crippen LogP contribution is 2.52. The topological polar surface area (TPSA) is 74.6 Å². The van der Waals surface area contributed by atoms with Crippen molar-refractivity contribution in [1.82, 2.24) is 9.80 Å². The second-order valence-corrected chi connectivity index (χ2v) is 8.06. The standard InChI is InChI=1S/C19H25F3N4O3/c1-17(2,3)29-15(27)12-26(11-10-25(4)5)16(28)13-6-8-14(9-7-13)18(23-24-18)19(20,21)22/h6-9H,10-12H2,1-5H3. The number of alkyl halides is 3. The number of carbonyl (C=O) groups is 2. The minimum Gasteiger partial charge on any atom is -0.459 e. The van der Waals surface area contributed by atoms with Crippen molar-refractivity contribution in [2.75, 3.05) is 33.7 Å². The van der Waals surface area contributed by atoms with Crippen LogP contribution >= 0.6 is 0 Å². The molecule has 1 amide bonds. The molecular weight excluding hydrogens is 389 g/mol. The molecule has 0 atom stereocenters. The third-order valence-electron chi connectivity index (χ3n) is 4.07. The van der Waals surface area contributed by atoms with Gasteiger partial charge in [0.2, 0.25) is 0 Å². The van der Waals surface area contributed by atoms with E-state index in [1.54, 1.807) is 20.8 Å². The molecule has 0 fully saturated rings. The van der Waals surface area contributed by atoms with E-state index >= 15 is 0 Å². The second-order valence-electron chi connectivity index (χ2n) is 8.06. The Bertz CT molecular complexity index is 777. The molecule has 0 radical (unpaired) electrons. The number of likely N-dealkylation sites (N-methyl/N-ethyl adjacent to an activating group) is 1. The molecule has 29 heavy (non-hydrogen) atoms. The fourth-order valence-corrected chi connectivity index (χ4v) is 2.57. The van der Waals surface area contributed by atoms with Gasteiger partial charge in [-0.3, -0.25) is 9.59 Å². The van der Waals surface area contributed by atoms with Gasteiger partial charge in [0.15, 0.2) is 0 Å². The molecule has 0 bridgehead atoms. The van der Waals surface area contributed by atoms with E-state index in [0.717, 1.165) is 0 Å². The molecule has 0 unspecified atom stereocenters.